The van der Waals surface area contributed by atoms with E-state index < -0.39 is 65.4 Å². The molecule has 30 heavy (non-hydrogen) atoms. The molecular weight excluding hydrogens is 418 g/mol. The Morgan fingerprint density at radius 2 is 1.40 bits per heavy atom. The molecule has 4 unspecified atom stereocenters. The fourth-order valence-corrected chi connectivity index (χ4v) is 4.77. The van der Waals surface area contributed by atoms with Gasteiger partial charge in [0.1, 0.15) is 18.1 Å². The van der Waals surface area contributed by atoms with E-state index in [-0.39, 0.29) is 24.4 Å². The smallest absolute Gasteiger partial charge is 0.253 e. The van der Waals surface area contributed by atoms with Crippen LogP contribution in [-0.4, -0.2) is 98.3 Å². The Bertz CT molecular complexity index is 906. The monoisotopic (exact) mass is 435 g/mol. The molecule has 4 aliphatic rings. The fraction of sp³-hybridized carbons (Fsp3) is 0.529. The van der Waals surface area contributed by atoms with Crippen molar-refractivity contribution in [2.75, 3.05) is 14.1 Å². The van der Waals surface area contributed by atoms with Crippen molar-refractivity contribution in [1.29, 1.82) is 0 Å². The molecule has 0 saturated carbocycles. The molecule has 4 rings (SSSR count). The first-order valence-electron chi connectivity index (χ1n) is 9.14. The van der Waals surface area contributed by atoms with Crippen molar-refractivity contribution in [1.82, 2.24) is 24.9 Å². The number of thiocarbonyl (C=S) groups is 1. The quantitative estimate of drug-likeness (QED) is 0.361. The Kier molecular flexibility index (Phi) is 4.45. The number of nitrogens with one attached hydrogen (secondary N) is 1. The third-order valence-electron chi connectivity index (χ3n) is 5.96. The molecule has 0 aromatic rings. The van der Waals surface area contributed by atoms with E-state index in [2.05, 4.69) is 5.32 Å². The van der Waals surface area contributed by atoms with Crippen molar-refractivity contribution in [3.05, 3.63) is 0 Å². The summed E-state index contributed by atoms with van der Waals surface area (Å²) in [6.45, 7) is 0. The van der Waals surface area contributed by atoms with Gasteiger partial charge in [0.2, 0.25) is 29.5 Å². The summed E-state index contributed by atoms with van der Waals surface area (Å²) in [6.07, 6.45) is -0.868. The zero-order valence-corrected chi connectivity index (χ0v) is 16.8. The molecule has 4 atom stereocenters. The normalized spacial score (nSPS) is 32.5. The molecule has 0 radical (unpaired) electrons. The van der Waals surface area contributed by atoms with Gasteiger partial charge in [-0.05, 0) is 12.2 Å². The predicted octanol–water partition coefficient (Wildman–Crippen LogP) is -3.04. The van der Waals surface area contributed by atoms with Crippen molar-refractivity contribution < 1.29 is 33.6 Å². The van der Waals surface area contributed by atoms with Crippen LogP contribution in [0.4, 0.5) is 0 Å². The van der Waals surface area contributed by atoms with Crippen LogP contribution in [0.3, 0.4) is 0 Å². The van der Waals surface area contributed by atoms with Gasteiger partial charge in [-0.2, -0.15) is 0 Å². The highest BCUT2D eigenvalue weighted by atomic mass is 32.1. The first-order chi connectivity index (χ1) is 14.0. The van der Waals surface area contributed by atoms with E-state index in [9.17, 15) is 33.6 Å². The number of nitrogens with zero attached hydrogens (tertiary/aromatic N) is 4. The SMILES string of the molecule is CN1C(=O)CC(C2C(=O)N(C3CC(=O)NC3=O)C(=S)N2C2CC(=O)N(C)C2=O)C1=O. The van der Waals surface area contributed by atoms with Gasteiger partial charge in [0.15, 0.2) is 5.11 Å². The number of hydrogen-bond acceptors (Lipinski definition) is 8. The van der Waals surface area contributed by atoms with Gasteiger partial charge >= 0.3 is 0 Å². The van der Waals surface area contributed by atoms with Crippen molar-refractivity contribution in [3.63, 3.8) is 0 Å². The van der Waals surface area contributed by atoms with E-state index in [1.807, 2.05) is 0 Å². The van der Waals surface area contributed by atoms with Crippen LogP contribution >= 0.6 is 12.2 Å². The highest BCUT2D eigenvalue weighted by molar-refractivity contribution is 7.80. The molecule has 4 heterocycles. The summed E-state index contributed by atoms with van der Waals surface area (Å²) in [5.41, 5.74) is 0. The summed E-state index contributed by atoms with van der Waals surface area (Å²) in [4.78, 5) is 90.5. The maximum absolute atomic E-state index is 13.4. The summed E-state index contributed by atoms with van der Waals surface area (Å²) in [5, 5.41) is 1.87. The fourth-order valence-electron chi connectivity index (χ4n) is 4.31. The summed E-state index contributed by atoms with van der Waals surface area (Å²) in [7, 11) is 2.57. The lowest BCUT2D eigenvalue weighted by atomic mass is 9.95. The molecule has 158 valence electrons. The maximum Gasteiger partial charge on any atom is 0.253 e. The van der Waals surface area contributed by atoms with E-state index in [0.717, 1.165) is 14.7 Å². The number of carbonyl (C=O) groups is 7. The molecule has 0 bridgehead atoms. The molecule has 0 aromatic carbocycles. The molecular formula is C17H17N5O7S. The lowest BCUT2D eigenvalue weighted by molar-refractivity contribution is -0.143. The lowest BCUT2D eigenvalue weighted by Crippen LogP contribution is -2.51. The number of rotatable bonds is 3. The standard InChI is InChI=1S/C17H17N5O7S/c1-19-10(24)3-6(14(19)27)12-16(29)22(7-4-9(23)18-13(7)26)17(30)21(12)8-5-11(25)20(2)15(8)28/h6-8,12H,3-5H2,1-2H3,(H,18,23,26). The van der Waals surface area contributed by atoms with Gasteiger partial charge in [0, 0.05) is 20.5 Å². The number of likely N-dealkylation sites (N-methyl/N-ethyl adjacent to an activating group) is 1. The van der Waals surface area contributed by atoms with Gasteiger partial charge in [-0.1, -0.05) is 0 Å². The van der Waals surface area contributed by atoms with Gasteiger partial charge in [0.05, 0.1) is 18.8 Å². The summed E-state index contributed by atoms with van der Waals surface area (Å²) in [5.74, 6) is -5.43. The number of carbonyl (C=O) groups excluding carboxylic acids is 7. The van der Waals surface area contributed by atoms with Crippen LogP contribution in [0, 0.1) is 5.92 Å². The average molecular weight is 435 g/mol. The van der Waals surface area contributed by atoms with Crippen LogP contribution in [0.15, 0.2) is 0 Å². The zero-order valence-electron chi connectivity index (χ0n) is 16.0. The molecule has 4 fully saturated rings. The predicted molar refractivity (Wildman–Crippen MR) is 98.7 cm³/mol. The minimum absolute atomic E-state index is 0.226. The third-order valence-corrected chi connectivity index (χ3v) is 6.37. The molecule has 7 amide bonds. The Hall–Kier alpha value is -3.22. The van der Waals surface area contributed by atoms with E-state index in [4.69, 9.17) is 12.2 Å². The zero-order chi connectivity index (χ0) is 22.1. The molecule has 0 aliphatic carbocycles. The van der Waals surface area contributed by atoms with E-state index >= 15 is 0 Å². The molecule has 0 spiro atoms. The first-order valence-corrected chi connectivity index (χ1v) is 9.55. The van der Waals surface area contributed by atoms with E-state index in [1.165, 1.54) is 19.0 Å². The summed E-state index contributed by atoms with van der Waals surface area (Å²) in [6, 6.07) is -3.71. The Morgan fingerprint density at radius 1 is 0.800 bits per heavy atom. The van der Waals surface area contributed by atoms with Crippen molar-refractivity contribution >= 4 is 58.7 Å². The van der Waals surface area contributed by atoms with Crippen molar-refractivity contribution in [2.24, 2.45) is 5.92 Å². The first kappa shape index (κ1) is 20.1. The molecule has 12 nitrogen and oxygen atoms in total. The van der Waals surface area contributed by atoms with E-state index in [1.54, 1.807) is 0 Å². The number of hydrogen-bond donors (Lipinski definition) is 1. The Labute approximate surface area is 175 Å². The largest absolute Gasteiger partial charge is 0.323 e. The van der Waals surface area contributed by atoms with Gasteiger partial charge in [-0.15, -0.1) is 0 Å². The minimum Gasteiger partial charge on any atom is -0.323 e. The topological polar surface area (TPSA) is 144 Å². The second kappa shape index (κ2) is 6.65. The summed E-state index contributed by atoms with van der Waals surface area (Å²) < 4.78 is 0. The van der Waals surface area contributed by atoms with Gasteiger partial charge in [0.25, 0.3) is 11.8 Å². The maximum atomic E-state index is 13.4. The number of amides is 7. The number of likely N-dealkylation sites (tertiary alicyclic amines) is 2. The molecule has 13 heteroatoms. The van der Waals surface area contributed by atoms with Crippen LogP contribution in [0.5, 0.6) is 0 Å². The van der Waals surface area contributed by atoms with Crippen LogP contribution in [0.2, 0.25) is 0 Å². The minimum atomic E-state index is -1.34. The lowest BCUT2D eigenvalue weighted by Gasteiger charge is -2.30. The summed E-state index contributed by atoms with van der Waals surface area (Å²) >= 11 is 5.39. The average Bonchev–Trinajstić information content (AvgIpc) is 3.31. The number of imide groups is 3. The van der Waals surface area contributed by atoms with Crippen LogP contribution in [0.25, 0.3) is 0 Å². The van der Waals surface area contributed by atoms with Gasteiger partial charge in [-0.3, -0.25) is 53.6 Å². The van der Waals surface area contributed by atoms with Crippen molar-refractivity contribution in [2.45, 2.75) is 37.4 Å². The van der Waals surface area contributed by atoms with Crippen LogP contribution in [0.1, 0.15) is 19.3 Å². The molecule has 1 N–H and O–H groups in total. The molecule has 4 aliphatic heterocycles. The van der Waals surface area contributed by atoms with Gasteiger partial charge in [-0.25, -0.2) is 0 Å². The van der Waals surface area contributed by atoms with E-state index in [0.29, 0.717) is 0 Å². The molecule has 0 aromatic heterocycles. The van der Waals surface area contributed by atoms with Crippen LogP contribution in [-0.2, 0) is 33.6 Å². The Morgan fingerprint density at radius 3 is 1.87 bits per heavy atom. The second-order valence-corrected chi connectivity index (χ2v) is 7.95. The highest BCUT2D eigenvalue weighted by Crippen LogP contribution is 2.36. The Balaban J connectivity index is 1.77. The van der Waals surface area contributed by atoms with Crippen LogP contribution < -0.4 is 5.32 Å². The van der Waals surface area contributed by atoms with Crippen molar-refractivity contribution in [3.8, 4) is 0 Å². The second-order valence-electron chi connectivity index (χ2n) is 7.59. The third kappa shape index (κ3) is 2.65. The van der Waals surface area contributed by atoms with Gasteiger partial charge < -0.3 is 4.90 Å². The highest BCUT2D eigenvalue weighted by Gasteiger charge is 2.60. The molecule has 4 saturated heterocycles.